The van der Waals surface area contributed by atoms with E-state index in [0.717, 1.165) is 49.3 Å². The highest BCUT2D eigenvalue weighted by atomic mass is 35.5. The average Bonchev–Trinajstić information content (AvgIpc) is 2.45. The van der Waals surface area contributed by atoms with Crippen LogP contribution < -0.4 is 5.32 Å². The van der Waals surface area contributed by atoms with Crippen LogP contribution in [-0.4, -0.2) is 43.2 Å². The van der Waals surface area contributed by atoms with Crippen LogP contribution >= 0.6 is 11.6 Å². The molecule has 1 aromatic heterocycles. The molecule has 0 atom stereocenters. The van der Waals surface area contributed by atoms with Gasteiger partial charge >= 0.3 is 0 Å². The van der Waals surface area contributed by atoms with E-state index in [9.17, 15) is 0 Å². The van der Waals surface area contributed by atoms with Crippen molar-refractivity contribution in [1.29, 1.82) is 0 Å². The number of hydrogen-bond acceptors (Lipinski definition) is 4. The summed E-state index contributed by atoms with van der Waals surface area (Å²) in [6, 6.07) is 3.86. The van der Waals surface area contributed by atoms with Gasteiger partial charge in [-0.15, -0.1) is 0 Å². The van der Waals surface area contributed by atoms with Crippen LogP contribution in [0, 0.1) is 5.92 Å². The van der Waals surface area contributed by atoms with E-state index in [1.54, 1.807) is 7.11 Å². The number of ether oxygens (including phenoxy) is 1. The minimum atomic E-state index is 0.702. The van der Waals surface area contributed by atoms with E-state index >= 15 is 0 Å². The predicted octanol–water partition coefficient (Wildman–Crippen LogP) is 3.03. The maximum atomic E-state index is 6.26. The Kier molecular flexibility index (Phi) is 6.07. The molecule has 0 spiro atoms. The Balaban J connectivity index is 1.92. The molecule has 1 fully saturated rings. The fraction of sp³-hybridized carbons (Fsp3) is 0.667. The quantitative estimate of drug-likeness (QED) is 0.876. The third-order valence-electron chi connectivity index (χ3n) is 3.76. The monoisotopic (exact) mass is 297 g/mol. The normalized spacial score (nSPS) is 17.4. The molecule has 1 aromatic rings. The summed E-state index contributed by atoms with van der Waals surface area (Å²) in [4.78, 5) is 7.03. The molecule has 1 aliphatic heterocycles. The number of nitrogens with zero attached hydrogens (tertiary/aromatic N) is 2. The van der Waals surface area contributed by atoms with E-state index in [1.807, 2.05) is 12.1 Å². The highest BCUT2D eigenvalue weighted by Crippen LogP contribution is 2.22. The number of halogens is 1. The molecule has 2 rings (SSSR count). The van der Waals surface area contributed by atoms with Gasteiger partial charge in [0.15, 0.2) is 0 Å². The van der Waals surface area contributed by atoms with Gasteiger partial charge in [0, 0.05) is 26.8 Å². The van der Waals surface area contributed by atoms with E-state index in [4.69, 9.17) is 16.3 Å². The van der Waals surface area contributed by atoms with Crippen molar-refractivity contribution in [3.8, 4) is 0 Å². The molecule has 1 aliphatic rings. The zero-order valence-corrected chi connectivity index (χ0v) is 13.1. The smallest absolute Gasteiger partial charge is 0.126 e. The molecule has 1 saturated heterocycles. The lowest BCUT2D eigenvalue weighted by atomic mass is 9.98. The van der Waals surface area contributed by atoms with Gasteiger partial charge in [-0.3, -0.25) is 4.90 Å². The number of methoxy groups -OCH3 is 1. The Morgan fingerprint density at radius 2 is 2.15 bits per heavy atom. The lowest BCUT2D eigenvalue weighted by Gasteiger charge is -2.31. The van der Waals surface area contributed by atoms with Crippen LogP contribution in [0.2, 0.25) is 5.02 Å². The van der Waals surface area contributed by atoms with E-state index in [0.29, 0.717) is 5.92 Å². The molecular weight excluding hydrogens is 274 g/mol. The van der Waals surface area contributed by atoms with Crippen LogP contribution in [-0.2, 0) is 11.3 Å². The number of anilines is 1. The molecule has 20 heavy (non-hydrogen) atoms. The van der Waals surface area contributed by atoms with Gasteiger partial charge in [0.1, 0.15) is 5.82 Å². The van der Waals surface area contributed by atoms with Crippen molar-refractivity contribution >= 4 is 17.4 Å². The van der Waals surface area contributed by atoms with Gasteiger partial charge in [0.2, 0.25) is 0 Å². The van der Waals surface area contributed by atoms with Gasteiger partial charge in [-0.2, -0.15) is 0 Å². The summed E-state index contributed by atoms with van der Waals surface area (Å²) in [5, 5.41) is 3.99. The number of pyridine rings is 1. The first-order chi connectivity index (χ1) is 9.72. The van der Waals surface area contributed by atoms with Crippen molar-refractivity contribution in [2.75, 3.05) is 38.7 Å². The van der Waals surface area contributed by atoms with Crippen molar-refractivity contribution in [3.05, 3.63) is 22.8 Å². The second-order valence-electron chi connectivity index (χ2n) is 5.33. The number of hydrogen-bond donors (Lipinski definition) is 1. The summed E-state index contributed by atoms with van der Waals surface area (Å²) in [6.07, 6.45) is 2.39. The Morgan fingerprint density at radius 1 is 1.40 bits per heavy atom. The Hall–Kier alpha value is -0.840. The van der Waals surface area contributed by atoms with Crippen LogP contribution in [0.4, 0.5) is 5.82 Å². The van der Waals surface area contributed by atoms with Crippen molar-refractivity contribution < 1.29 is 4.74 Å². The van der Waals surface area contributed by atoms with Gasteiger partial charge in [-0.05, 0) is 50.9 Å². The molecule has 0 saturated carbocycles. The standard InChI is InChI=1S/C15H24ClN3O/c1-3-17-15-5-4-13(16)14(18-15)10-19-8-6-12(7-9-19)11-20-2/h4-5,12H,3,6-11H2,1-2H3,(H,17,18). The van der Waals surface area contributed by atoms with Crippen molar-refractivity contribution in [2.45, 2.75) is 26.3 Å². The average molecular weight is 298 g/mol. The Labute approximate surface area is 126 Å². The molecule has 0 bridgehead atoms. The van der Waals surface area contributed by atoms with Crippen LogP contribution in [0.15, 0.2) is 12.1 Å². The molecule has 1 N–H and O–H groups in total. The van der Waals surface area contributed by atoms with Crippen LogP contribution in [0.25, 0.3) is 0 Å². The lowest BCUT2D eigenvalue weighted by molar-refractivity contribution is 0.0963. The SMILES string of the molecule is CCNc1ccc(Cl)c(CN2CCC(COC)CC2)n1. The van der Waals surface area contributed by atoms with Crippen molar-refractivity contribution in [3.63, 3.8) is 0 Å². The molecule has 0 aliphatic carbocycles. The summed E-state index contributed by atoms with van der Waals surface area (Å²) < 4.78 is 5.24. The number of piperidine rings is 1. The van der Waals surface area contributed by atoms with Crippen molar-refractivity contribution in [2.24, 2.45) is 5.92 Å². The van der Waals surface area contributed by atoms with Gasteiger partial charge in [-0.1, -0.05) is 11.6 Å². The summed E-state index contributed by atoms with van der Waals surface area (Å²) in [5.41, 5.74) is 0.968. The molecular formula is C15H24ClN3O. The predicted molar refractivity (Wildman–Crippen MR) is 83.3 cm³/mol. The van der Waals surface area contributed by atoms with E-state index in [-0.39, 0.29) is 0 Å². The van der Waals surface area contributed by atoms with E-state index in [2.05, 4.69) is 22.1 Å². The largest absolute Gasteiger partial charge is 0.384 e. The summed E-state index contributed by atoms with van der Waals surface area (Å²) >= 11 is 6.26. The summed E-state index contributed by atoms with van der Waals surface area (Å²) in [7, 11) is 1.78. The maximum absolute atomic E-state index is 6.26. The fourth-order valence-corrected chi connectivity index (χ4v) is 2.80. The number of likely N-dealkylation sites (tertiary alicyclic amines) is 1. The fourth-order valence-electron chi connectivity index (χ4n) is 2.63. The molecule has 5 heteroatoms. The van der Waals surface area contributed by atoms with Gasteiger partial charge < -0.3 is 10.1 Å². The van der Waals surface area contributed by atoms with E-state index in [1.165, 1.54) is 12.8 Å². The first-order valence-corrected chi connectivity index (χ1v) is 7.71. The van der Waals surface area contributed by atoms with Gasteiger partial charge in [0.05, 0.1) is 10.7 Å². The summed E-state index contributed by atoms with van der Waals surface area (Å²) in [6.45, 7) is 6.84. The molecule has 0 radical (unpaired) electrons. The first kappa shape index (κ1) is 15.5. The highest BCUT2D eigenvalue weighted by molar-refractivity contribution is 6.31. The second-order valence-corrected chi connectivity index (χ2v) is 5.74. The Morgan fingerprint density at radius 3 is 2.80 bits per heavy atom. The first-order valence-electron chi connectivity index (χ1n) is 7.33. The molecule has 112 valence electrons. The van der Waals surface area contributed by atoms with Crippen molar-refractivity contribution in [1.82, 2.24) is 9.88 Å². The molecule has 0 aromatic carbocycles. The lowest BCUT2D eigenvalue weighted by Crippen LogP contribution is -2.34. The molecule has 0 amide bonds. The maximum Gasteiger partial charge on any atom is 0.126 e. The third kappa shape index (κ3) is 4.33. The van der Waals surface area contributed by atoms with Crippen LogP contribution in [0.5, 0.6) is 0 Å². The molecule has 2 heterocycles. The number of rotatable bonds is 6. The van der Waals surface area contributed by atoms with Crippen LogP contribution in [0.3, 0.4) is 0 Å². The second kappa shape index (κ2) is 7.81. The zero-order chi connectivity index (χ0) is 14.4. The van der Waals surface area contributed by atoms with Gasteiger partial charge in [0.25, 0.3) is 0 Å². The highest BCUT2D eigenvalue weighted by Gasteiger charge is 2.20. The zero-order valence-electron chi connectivity index (χ0n) is 12.4. The molecule has 4 nitrogen and oxygen atoms in total. The number of aromatic nitrogens is 1. The summed E-state index contributed by atoms with van der Waals surface area (Å²) in [5.74, 6) is 1.61. The van der Waals surface area contributed by atoms with Gasteiger partial charge in [-0.25, -0.2) is 4.98 Å². The minimum absolute atomic E-state index is 0.702. The topological polar surface area (TPSA) is 37.4 Å². The van der Waals surface area contributed by atoms with Crippen LogP contribution in [0.1, 0.15) is 25.5 Å². The third-order valence-corrected chi connectivity index (χ3v) is 4.10. The Bertz CT molecular complexity index is 420. The van der Waals surface area contributed by atoms with E-state index < -0.39 is 0 Å². The minimum Gasteiger partial charge on any atom is -0.384 e. The molecule has 0 unspecified atom stereocenters. The number of nitrogens with one attached hydrogen (secondary N) is 1.